The smallest absolute Gasteiger partial charge is 0.310 e. The summed E-state index contributed by atoms with van der Waals surface area (Å²) in [5.41, 5.74) is -2.19. The molecule has 0 aliphatic heterocycles. The maximum Gasteiger partial charge on any atom is 0.310 e. The van der Waals surface area contributed by atoms with Crippen molar-refractivity contribution in [3.05, 3.63) is 0 Å². The summed E-state index contributed by atoms with van der Waals surface area (Å²) in [5, 5.41) is 20.1. The molecule has 0 aromatic rings. The average Bonchev–Trinajstić information content (AvgIpc) is 2.52. The van der Waals surface area contributed by atoms with E-state index in [-0.39, 0.29) is 0 Å². The molecule has 1 aliphatic rings. The summed E-state index contributed by atoms with van der Waals surface area (Å²) in [7, 11) is 0. The second-order valence-electron chi connectivity index (χ2n) is 7.35. The van der Waals surface area contributed by atoms with E-state index >= 15 is 0 Å². The second-order valence-corrected chi connectivity index (χ2v) is 7.35. The van der Waals surface area contributed by atoms with Gasteiger partial charge in [-0.1, -0.05) is 65.7 Å². The van der Waals surface area contributed by atoms with Crippen LogP contribution >= 0.6 is 0 Å². The fourth-order valence-electron chi connectivity index (χ4n) is 4.67. The monoisotopic (exact) mass is 326 g/mol. The molecule has 0 aromatic heterocycles. The molecular weight excluding hydrogens is 292 g/mol. The highest BCUT2D eigenvalue weighted by molar-refractivity contribution is 5.87. The van der Waals surface area contributed by atoms with Crippen molar-refractivity contribution in [3.8, 4) is 0 Å². The topological polar surface area (TPSA) is 74.6 Å². The van der Waals surface area contributed by atoms with E-state index in [9.17, 15) is 19.8 Å². The Kier molecular flexibility index (Phi) is 7.56. The van der Waals surface area contributed by atoms with Crippen molar-refractivity contribution in [1.29, 1.82) is 0 Å². The third-order valence-corrected chi connectivity index (χ3v) is 6.05. The van der Waals surface area contributed by atoms with Gasteiger partial charge in [-0.05, 0) is 31.6 Å². The van der Waals surface area contributed by atoms with Crippen LogP contribution in [0.3, 0.4) is 0 Å². The van der Waals surface area contributed by atoms with Crippen molar-refractivity contribution in [2.24, 2.45) is 16.7 Å². The molecule has 134 valence electrons. The van der Waals surface area contributed by atoms with Crippen molar-refractivity contribution in [2.75, 3.05) is 0 Å². The van der Waals surface area contributed by atoms with Gasteiger partial charge in [-0.15, -0.1) is 0 Å². The number of aliphatic carboxylic acids is 2. The third-order valence-electron chi connectivity index (χ3n) is 6.05. The van der Waals surface area contributed by atoms with Crippen molar-refractivity contribution < 1.29 is 19.8 Å². The summed E-state index contributed by atoms with van der Waals surface area (Å²) in [6.07, 6.45) is 8.49. The maximum atomic E-state index is 12.3. The molecular formula is C19H34O4. The van der Waals surface area contributed by atoms with Crippen LogP contribution < -0.4 is 0 Å². The lowest BCUT2D eigenvalue weighted by Gasteiger charge is -2.50. The minimum atomic E-state index is -1.10. The summed E-state index contributed by atoms with van der Waals surface area (Å²) in [4.78, 5) is 24.5. The minimum Gasteiger partial charge on any atom is -0.481 e. The van der Waals surface area contributed by atoms with Crippen molar-refractivity contribution >= 4 is 11.9 Å². The van der Waals surface area contributed by atoms with E-state index in [1.54, 1.807) is 0 Å². The molecule has 0 bridgehead atoms. The van der Waals surface area contributed by atoms with Crippen molar-refractivity contribution in [3.63, 3.8) is 0 Å². The Morgan fingerprint density at radius 2 is 1.52 bits per heavy atom. The van der Waals surface area contributed by atoms with Crippen LogP contribution in [0.5, 0.6) is 0 Å². The van der Waals surface area contributed by atoms with Gasteiger partial charge < -0.3 is 10.2 Å². The summed E-state index contributed by atoms with van der Waals surface area (Å²) in [5.74, 6) is -1.48. The highest BCUT2D eigenvalue weighted by atomic mass is 16.4. The minimum absolute atomic E-state index is 0.305. The number of carboxylic acids is 2. The number of hydrogen-bond acceptors (Lipinski definition) is 2. The summed E-state index contributed by atoms with van der Waals surface area (Å²) >= 11 is 0. The first kappa shape index (κ1) is 20.0. The van der Waals surface area contributed by atoms with Gasteiger partial charge in [0.2, 0.25) is 0 Å². The molecule has 2 N–H and O–H groups in total. The van der Waals surface area contributed by atoms with Gasteiger partial charge >= 0.3 is 11.9 Å². The van der Waals surface area contributed by atoms with Gasteiger partial charge in [-0.2, -0.15) is 0 Å². The number of hydrogen-bond donors (Lipinski definition) is 2. The Labute approximate surface area is 140 Å². The van der Waals surface area contributed by atoms with Gasteiger partial charge in [0.25, 0.3) is 0 Å². The molecule has 1 rings (SSSR count). The lowest BCUT2D eigenvalue weighted by molar-refractivity contribution is -0.183. The normalized spacial score (nSPS) is 29.2. The molecule has 1 aliphatic carbocycles. The number of carboxylic acid groups (broad SMARTS) is 2. The highest BCUT2D eigenvalue weighted by Crippen LogP contribution is 2.57. The largest absolute Gasteiger partial charge is 0.481 e. The fourth-order valence-corrected chi connectivity index (χ4v) is 4.67. The summed E-state index contributed by atoms with van der Waals surface area (Å²) in [6.45, 7) is 6.19. The van der Waals surface area contributed by atoms with Crippen LogP contribution in [-0.2, 0) is 9.59 Å². The van der Waals surface area contributed by atoms with Crippen LogP contribution in [0.1, 0.15) is 91.4 Å². The standard InChI is InChI=1S/C19H34O4/c1-4-7-10-15(6-3)14-19(17(22)23)13-9-8-12-18(19,11-5-2)16(20)21/h15H,4-14H2,1-3H3,(H,20,21)(H,22,23). The van der Waals surface area contributed by atoms with Crippen LogP contribution in [0.2, 0.25) is 0 Å². The van der Waals surface area contributed by atoms with Crippen LogP contribution in [-0.4, -0.2) is 22.2 Å². The molecule has 4 heteroatoms. The summed E-state index contributed by atoms with van der Waals surface area (Å²) in [6, 6.07) is 0. The number of carbonyl (C=O) groups is 2. The molecule has 0 amide bonds. The SMILES string of the molecule is CCCCC(CC)CC1(C(=O)O)CCCCC1(CCC)C(=O)O. The molecule has 1 fully saturated rings. The van der Waals surface area contributed by atoms with E-state index in [4.69, 9.17) is 0 Å². The van der Waals surface area contributed by atoms with Gasteiger partial charge in [0.1, 0.15) is 0 Å². The predicted molar refractivity (Wildman–Crippen MR) is 91.4 cm³/mol. The first-order chi connectivity index (χ1) is 10.9. The van der Waals surface area contributed by atoms with Crippen molar-refractivity contribution in [1.82, 2.24) is 0 Å². The van der Waals surface area contributed by atoms with E-state index < -0.39 is 22.8 Å². The molecule has 0 radical (unpaired) electrons. The molecule has 1 saturated carbocycles. The van der Waals surface area contributed by atoms with Gasteiger partial charge in [-0.3, -0.25) is 9.59 Å². The molecule has 4 nitrogen and oxygen atoms in total. The van der Waals surface area contributed by atoms with Gasteiger partial charge in [-0.25, -0.2) is 0 Å². The summed E-state index contributed by atoms with van der Waals surface area (Å²) < 4.78 is 0. The Balaban J connectivity index is 3.24. The predicted octanol–water partition coefficient (Wildman–Crippen LogP) is 5.11. The Morgan fingerprint density at radius 3 is 1.96 bits per heavy atom. The first-order valence-electron chi connectivity index (χ1n) is 9.37. The Hall–Kier alpha value is -1.06. The zero-order valence-electron chi connectivity index (χ0n) is 15.1. The van der Waals surface area contributed by atoms with E-state index in [0.29, 0.717) is 38.0 Å². The molecule has 3 atom stereocenters. The van der Waals surface area contributed by atoms with E-state index in [2.05, 4.69) is 13.8 Å². The van der Waals surface area contributed by atoms with E-state index in [0.717, 1.165) is 38.5 Å². The zero-order chi connectivity index (χ0) is 17.5. The van der Waals surface area contributed by atoms with Crippen LogP contribution in [0, 0.1) is 16.7 Å². The lowest BCUT2D eigenvalue weighted by atomic mass is 9.51. The van der Waals surface area contributed by atoms with Crippen molar-refractivity contribution in [2.45, 2.75) is 91.4 Å². The average molecular weight is 326 g/mol. The van der Waals surface area contributed by atoms with Gasteiger partial charge in [0.05, 0.1) is 10.8 Å². The zero-order valence-corrected chi connectivity index (χ0v) is 15.1. The van der Waals surface area contributed by atoms with Crippen LogP contribution in [0.15, 0.2) is 0 Å². The number of rotatable bonds is 10. The quantitative estimate of drug-likeness (QED) is 0.585. The van der Waals surface area contributed by atoms with E-state index in [1.165, 1.54) is 0 Å². The van der Waals surface area contributed by atoms with Crippen LogP contribution in [0.4, 0.5) is 0 Å². The molecule has 0 spiro atoms. The third kappa shape index (κ3) is 3.89. The van der Waals surface area contributed by atoms with Crippen LogP contribution in [0.25, 0.3) is 0 Å². The van der Waals surface area contributed by atoms with E-state index in [1.807, 2.05) is 6.92 Å². The van der Waals surface area contributed by atoms with Gasteiger partial charge in [0.15, 0.2) is 0 Å². The molecule has 0 saturated heterocycles. The maximum absolute atomic E-state index is 12.3. The second kappa shape index (κ2) is 8.70. The molecule has 0 aromatic carbocycles. The lowest BCUT2D eigenvalue weighted by Crippen LogP contribution is -2.55. The molecule has 23 heavy (non-hydrogen) atoms. The number of unbranched alkanes of at least 4 members (excludes halogenated alkanes) is 1. The Morgan fingerprint density at radius 1 is 0.957 bits per heavy atom. The fraction of sp³-hybridized carbons (Fsp3) is 0.895. The molecule has 0 heterocycles. The Bertz CT molecular complexity index is 402. The molecule has 3 unspecified atom stereocenters. The highest BCUT2D eigenvalue weighted by Gasteiger charge is 2.61. The van der Waals surface area contributed by atoms with Gasteiger partial charge in [0, 0.05) is 0 Å². The first-order valence-corrected chi connectivity index (χ1v) is 9.37.